The zero-order valence-corrected chi connectivity index (χ0v) is 20.1. The molecule has 0 unspecified atom stereocenters. The summed E-state index contributed by atoms with van der Waals surface area (Å²) in [5.74, 6) is -0.194. The van der Waals surface area contributed by atoms with Gasteiger partial charge in [-0.1, -0.05) is 29.4 Å². The maximum atomic E-state index is 13.3. The molecule has 0 atom stereocenters. The number of aromatic amines is 1. The quantitative estimate of drug-likeness (QED) is 0.370. The minimum Gasteiger partial charge on any atom is -0.486 e. The summed E-state index contributed by atoms with van der Waals surface area (Å²) in [6.45, 7) is -0.0260. The van der Waals surface area contributed by atoms with Crippen LogP contribution in [-0.2, 0) is 16.6 Å². The highest BCUT2D eigenvalue weighted by Gasteiger charge is 2.26. The molecule has 2 N–H and O–H groups in total. The van der Waals surface area contributed by atoms with Gasteiger partial charge in [0.1, 0.15) is 28.8 Å². The second-order valence-electron chi connectivity index (χ2n) is 8.25. The van der Waals surface area contributed by atoms with Gasteiger partial charge >= 0.3 is 4.87 Å². The fourth-order valence-electron chi connectivity index (χ4n) is 3.99. The number of H-pyrrole nitrogens is 1. The van der Waals surface area contributed by atoms with E-state index < -0.39 is 10.0 Å². The number of rotatable bonds is 8. The van der Waals surface area contributed by atoms with E-state index in [1.165, 1.54) is 22.9 Å². The number of sulfonamides is 1. The Bertz CT molecular complexity index is 1490. The summed E-state index contributed by atoms with van der Waals surface area (Å²) in [5.41, 5.74) is 2.19. The van der Waals surface area contributed by atoms with Gasteiger partial charge < -0.3 is 9.72 Å². The molecule has 1 aliphatic carbocycles. The van der Waals surface area contributed by atoms with Crippen molar-refractivity contribution in [1.29, 1.82) is 0 Å². The average molecular weight is 516 g/mol. The largest absolute Gasteiger partial charge is 0.486 e. The third-order valence-corrected chi connectivity index (χ3v) is 7.96. The zero-order valence-electron chi connectivity index (χ0n) is 18.5. The molecular formula is C23H22FN5O4S2. The monoisotopic (exact) mass is 515 g/mol. The van der Waals surface area contributed by atoms with Gasteiger partial charge in [0.15, 0.2) is 0 Å². The summed E-state index contributed by atoms with van der Waals surface area (Å²) in [6, 6.07) is 10.4. The van der Waals surface area contributed by atoms with E-state index >= 15 is 0 Å². The Morgan fingerprint density at radius 1 is 1.17 bits per heavy atom. The average Bonchev–Trinajstić information content (AvgIpc) is 3.61. The number of thiazole rings is 1. The fourth-order valence-corrected chi connectivity index (χ4v) is 6.05. The molecule has 2 aromatic carbocycles. The Kier molecular flexibility index (Phi) is 6.50. The van der Waals surface area contributed by atoms with Crippen LogP contribution in [0.4, 0.5) is 4.39 Å². The summed E-state index contributed by atoms with van der Waals surface area (Å²) in [4.78, 5) is 14.1. The number of nitrogens with zero attached hydrogens (tertiary/aromatic N) is 3. The molecule has 0 radical (unpaired) electrons. The van der Waals surface area contributed by atoms with Crippen molar-refractivity contribution in [1.82, 2.24) is 24.7 Å². The first-order chi connectivity index (χ1) is 16.9. The predicted molar refractivity (Wildman–Crippen MR) is 129 cm³/mol. The third kappa shape index (κ3) is 5.34. The first-order valence-corrected chi connectivity index (χ1v) is 13.4. The Labute approximate surface area is 204 Å². The van der Waals surface area contributed by atoms with E-state index in [9.17, 15) is 17.6 Å². The van der Waals surface area contributed by atoms with E-state index in [0.717, 1.165) is 37.0 Å². The molecule has 2 heterocycles. The van der Waals surface area contributed by atoms with Crippen molar-refractivity contribution in [2.75, 3.05) is 0 Å². The minimum atomic E-state index is -3.88. The van der Waals surface area contributed by atoms with Crippen molar-refractivity contribution in [2.45, 2.75) is 43.2 Å². The summed E-state index contributed by atoms with van der Waals surface area (Å²) in [5, 5.41) is 9.73. The summed E-state index contributed by atoms with van der Waals surface area (Å²) >= 11 is 1.01. The van der Waals surface area contributed by atoms with Crippen molar-refractivity contribution in [3.63, 3.8) is 0 Å². The lowest BCUT2D eigenvalue weighted by Crippen LogP contribution is -2.33. The van der Waals surface area contributed by atoms with Gasteiger partial charge in [-0.3, -0.25) is 4.79 Å². The van der Waals surface area contributed by atoms with Crippen LogP contribution < -0.4 is 14.3 Å². The van der Waals surface area contributed by atoms with Crippen molar-refractivity contribution in [3.05, 3.63) is 75.2 Å². The van der Waals surface area contributed by atoms with E-state index in [4.69, 9.17) is 4.74 Å². The van der Waals surface area contributed by atoms with Crippen LogP contribution in [0.1, 0.15) is 31.4 Å². The van der Waals surface area contributed by atoms with Crippen molar-refractivity contribution < 1.29 is 17.5 Å². The highest BCUT2D eigenvalue weighted by Crippen LogP contribution is 2.31. The Morgan fingerprint density at radius 2 is 1.94 bits per heavy atom. The topological polar surface area (TPSA) is 119 Å². The molecule has 5 rings (SSSR count). The molecule has 0 spiro atoms. The molecule has 1 aliphatic rings. The van der Waals surface area contributed by atoms with Gasteiger partial charge in [0.2, 0.25) is 10.0 Å². The van der Waals surface area contributed by atoms with Crippen LogP contribution in [0.15, 0.2) is 63.7 Å². The second kappa shape index (κ2) is 9.72. The van der Waals surface area contributed by atoms with Gasteiger partial charge in [-0.2, -0.15) is 0 Å². The lowest BCUT2D eigenvalue weighted by atomic mass is 10.2. The molecule has 35 heavy (non-hydrogen) atoms. The Hall–Kier alpha value is -3.35. The number of ether oxygens (including phenoxy) is 1. The summed E-state index contributed by atoms with van der Waals surface area (Å²) in [6.07, 6.45) is 5.18. The lowest BCUT2D eigenvalue weighted by molar-refractivity contribution is 0.293. The molecule has 0 amide bonds. The Balaban J connectivity index is 1.41. The smallest absolute Gasteiger partial charge is 0.304 e. The molecule has 1 saturated carbocycles. The standard InChI is InChI=1S/C23H22FN5O4S2/c24-16-6-8-19(9-7-16)29-12-18(26-28-29)13-33-21-10-5-15(20-14-34-23(30)25-20)11-22(21)35(31,32)27-17-3-1-2-4-17/h5-12,14,17,27H,1-4,13H2,(H,25,30). The normalized spacial score (nSPS) is 14.4. The third-order valence-electron chi connectivity index (χ3n) is 5.75. The first kappa shape index (κ1) is 23.4. The highest BCUT2D eigenvalue weighted by atomic mass is 32.2. The van der Waals surface area contributed by atoms with Crippen molar-refractivity contribution >= 4 is 21.4 Å². The van der Waals surface area contributed by atoms with Crippen LogP contribution in [0.2, 0.25) is 0 Å². The van der Waals surface area contributed by atoms with Gasteiger partial charge in [0.05, 0.1) is 17.6 Å². The number of benzene rings is 2. The number of aromatic nitrogens is 4. The molecule has 2 aromatic heterocycles. The number of nitrogens with one attached hydrogen (secondary N) is 2. The maximum Gasteiger partial charge on any atom is 0.304 e. The van der Waals surface area contributed by atoms with Crippen LogP contribution in [0.5, 0.6) is 5.75 Å². The van der Waals surface area contributed by atoms with E-state index in [2.05, 4.69) is 20.0 Å². The van der Waals surface area contributed by atoms with Crippen LogP contribution in [0.25, 0.3) is 16.9 Å². The van der Waals surface area contributed by atoms with Gasteiger partial charge in [-0.05, 0) is 55.3 Å². The van der Waals surface area contributed by atoms with Crippen molar-refractivity contribution in [3.8, 4) is 22.7 Å². The summed E-state index contributed by atoms with van der Waals surface area (Å²) in [7, 11) is -3.88. The lowest BCUT2D eigenvalue weighted by Gasteiger charge is -2.16. The minimum absolute atomic E-state index is 0.0140. The van der Waals surface area contributed by atoms with Gasteiger partial charge in [-0.25, -0.2) is 22.2 Å². The summed E-state index contributed by atoms with van der Waals surface area (Å²) < 4.78 is 49.9. The van der Waals surface area contributed by atoms with Crippen LogP contribution in [0.3, 0.4) is 0 Å². The first-order valence-electron chi connectivity index (χ1n) is 11.0. The van der Waals surface area contributed by atoms with E-state index in [1.54, 1.807) is 35.8 Å². The number of hydrogen-bond acceptors (Lipinski definition) is 7. The maximum absolute atomic E-state index is 13.3. The van der Waals surface area contributed by atoms with E-state index in [-0.39, 0.29) is 34.0 Å². The van der Waals surface area contributed by atoms with Crippen molar-refractivity contribution in [2.24, 2.45) is 0 Å². The number of halogens is 1. The fraction of sp³-hybridized carbons (Fsp3) is 0.261. The van der Waals surface area contributed by atoms with Crippen LogP contribution >= 0.6 is 11.3 Å². The van der Waals surface area contributed by atoms with Gasteiger partial charge in [0.25, 0.3) is 0 Å². The van der Waals surface area contributed by atoms with Gasteiger partial charge in [0, 0.05) is 17.0 Å². The van der Waals surface area contributed by atoms with Crippen LogP contribution in [0, 0.1) is 5.82 Å². The van der Waals surface area contributed by atoms with E-state index in [1.807, 2.05) is 0 Å². The molecular weight excluding hydrogens is 493 g/mol. The molecule has 1 fully saturated rings. The SMILES string of the molecule is O=c1[nH]c(-c2ccc(OCc3cn(-c4ccc(F)cc4)nn3)c(S(=O)(=O)NC3CCCC3)c2)cs1. The molecule has 0 aliphatic heterocycles. The van der Waals surface area contributed by atoms with Crippen LogP contribution in [-0.4, -0.2) is 34.4 Å². The Morgan fingerprint density at radius 3 is 2.66 bits per heavy atom. The molecule has 4 aromatic rings. The predicted octanol–water partition coefficient (Wildman–Crippen LogP) is 3.62. The second-order valence-corrected chi connectivity index (χ2v) is 10.8. The van der Waals surface area contributed by atoms with Gasteiger partial charge in [-0.15, -0.1) is 5.10 Å². The molecule has 0 saturated heterocycles. The number of hydrogen-bond donors (Lipinski definition) is 2. The molecule has 182 valence electrons. The molecule has 0 bridgehead atoms. The molecule has 9 nitrogen and oxygen atoms in total. The zero-order chi connectivity index (χ0) is 24.4. The van der Waals surface area contributed by atoms with E-state index in [0.29, 0.717) is 22.6 Å². The highest BCUT2D eigenvalue weighted by molar-refractivity contribution is 7.89. The molecule has 12 heteroatoms.